The first-order chi connectivity index (χ1) is 4.58. The molecule has 0 atom stereocenters. The van der Waals surface area contributed by atoms with Gasteiger partial charge in [-0.3, -0.25) is 0 Å². The van der Waals surface area contributed by atoms with Crippen molar-refractivity contribution < 1.29 is 0 Å². The van der Waals surface area contributed by atoms with Gasteiger partial charge < -0.3 is 0 Å². The molecule has 0 saturated carbocycles. The van der Waals surface area contributed by atoms with Crippen LogP contribution < -0.4 is 0 Å². The molecule has 0 heterocycles. The highest BCUT2D eigenvalue weighted by Crippen LogP contribution is 2.24. The van der Waals surface area contributed by atoms with E-state index in [9.17, 15) is 0 Å². The highest BCUT2D eigenvalue weighted by molar-refractivity contribution is 7.19. The van der Waals surface area contributed by atoms with E-state index in [4.69, 9.17) is 11.1 Å². The molecule has 0 amide bonds. The lowest BCUT2D eigenvalue weighted by atomic mass is 10.3. The van der Waals surface area contributed by atoms with E-state index in [1.807, 2.05) is 0 Å². The number of rotatable bonds is 2. The second kappa shape index (κ2) is 2.93. The van der Waals surface area contributed by atoms with E-state index in [0.29, 0.717) is 0 Å². The van der Waals surface area contributed by atoms with E-state index in [1.165, 1.54) is 5.57 Å². The van der Waals surface area contributed by atoms with Crippen molar-refractivity contribution in [2.24, 2.45) is 0 Å². The minimum Gasteiger partial charge on any atom is -0.167 e. The Morgan fingerprint density at radius 2 is 2.30 bits per heavy atom. The molecular formula is C8H13ClSi. The summed E-state index contributed by atoms with van der Waals surface area (Å²) in [5.41, 5.74) is 1.51. The van der Waals surface area contributed by atoms with Gasteiger partial charge in [-0.1, -0.05) is 36.9 Å². The Morgan fingerprint density at radius 1 is 1.60 bits per heavy atom. The van der Waals surface area contributed by atoms with Crippen molar-refractivity contribution in [3.63, 3.8) is 0 Å². The summed E-state index contributed by atoms with van der Waals surface area (Å²) >= 11 is 6.18. The monoisotopic (exact) mass is 172 g/mol. The molecule has 0 unspecified atom stereocenters. The topological polar surface area (TPSA) is 0 Å². The Balaban J connectivity index is 2.41. The van der Waals surface area contributed by atoms with Crippen LogP contribution in [-0.4, -0.2) is 7.38 Å². The standard InChI is InChI=1S/C8H13ClSi/c1-10(2,9)7-8-5-3-4-6-8/h3-5H,6-7H2,1-2H3. The largest absolute Gasteiger partial charge is 0.167 e. The molecule has 1 aliphatic rings. The second-order valence-corrected chi connectivity index (χ2v) is 10.2. The van der Waals surface area contributed by atoms with Crippen LogP contribution in [0.4, 0.5) is 0 Å². The summed E-state index contributed by atoms with van der Waals surface area (Å²) in [4.78, 5) is 0. The zero-order valence-corrected chi connectivity index (χ0v) is 8.28. The SMILES string of the molecule is C[Si](C)(Cl)CC1=CC=CC1. The summed E-state index contributed by atoms with van der Waals surface area (Å²) in [6, 6.07) is 1.14. The van der Waals surface area contributed by atoms with Gasteiger partial charge in [-0.2, -0.15) is 11.1 Å². The number of allylic oxidation sites excluding steroid dienone is 4. The molecule has 1 aliphatic carbocycles. The zero-order chi connectivity index (χ0) is 7.61. The lowest BCUT2D eigenvalue weighted by Gasteiger charge is -2.12. The normalized spacial score (nSPS) is 17.7. The fraction of sp³-hybridized carbons (Fsp3) is 0.500. The molecule has 0 aromatic heterocycles. The van der Waals surface area contributed by atoms with Gasteiger partial charge in [0.15, 0.2) is 7.38 Å². The molecule has 0 aromatic rings. The lowest BCUT2D eigenvalue weighted by Crippen LogP contribution is -2.15. The third-order valence-electron chi connectivity index (χ3n) is 1.50. The summed E-state index contributed by atoms with van der Waals surface area (Å²) in [6.07, 6.45) is 7.62. The maximum absolute atomic E-state index is 6.18. The summed E-state index contributed by atoms with van der Waals surface area (Å²) < 4.78 is 0. The van der Waals surface area contributed by atoms with E-state index in [1.54, 1.807) is 0 Å². The predicted molar refractivity (Wildman–Crippen MR) is 50.0 cm³/mol. The maximum atomic E-state index is 6.18. The van der Waals surface area contributed by atoms with Crippen molar-refractivity contribution in [2.45, 2.75) is 25.6 Å². The summed E-state index contributed by atoms with van der Waals surface area (Å²) in [6.45, 7) is 4.38. The van der Waals surface area contributed by atoms with Crippen LogP contribution in [0.25, 0.3) is 0 Å². The first kappa shape index (κ1) is 8.09. The molecular weight excluding hydrogens is 160 g/mol. The third kappa shape index (κ3) is 2.71. The quantitative estimate of drug-likeness (QED) is 0.443. The molecule has 0 spiro atoms. The lowest BCUT2D eigenvalue weighted by molar-refractivity contribution is 1.22. The zero-order valence-electron chi connectivity index (χ0n) is 6.52. The minimum atomic E-state index is -1.36. The molecule has 0 radical (unpaired) electrons. The molecule has 0 bridgehead atoms. The van der Waals surface area contributed by atoms with Crippen LogP contribution >= 0.6 is 11.1 Å². The average molecular weight is 173 g/mol. The Kier molecular flexibility index (Phi) is 2.37. The van der Waals surface area contributed by atoms with Crippen molar-refractivity contribution in [1.82, 2.24) is 0 Å². The molecule has 1 rings (SSSR count). The number of hydrogen-bond acceptors (Lipinski definition) is 0. The van der Waals surface area contributed by atoms with Gasteiger partial charge in [0, 0.05) is 0 Å². The van der Waals surface area contributed by atoms with Crippen molar-refractivity contribution >= 4 is 18.5 Å². The van der Waals surface area contributed by atoms with Crippen LogP contribution in [0.3, 0.4) is 0 Å². The fourth-order valence-electron chi connectivity index (χ4n) is 1.16. The van der Waals surface area contributed by atoms with Gasteiger partial charge in [0.05, 0.1) is 0 Å². The first-order valence-electron chi connectivity index (χ1n) is 3.61. The first-order valence-corrected chi connectivity index (χ1v) is 7.83. The molecule has 56 valence electrons. The fourth-order valence-corrected chi connectivity index (χ4v) is 3.02. The Bertz CT molecular complexity index is 174. The van der Waals surface area contributed by atoms with Gasteiger partial charge in [0.1, 0.15) is 0 Å². The average Bonchev–Trinajstić information content (AvgIpc) is 2.12. The molecule has 0 N–H and O–H groups in total. The summed E-state index contributed by atoms with van der Waals surface area (Å²) in [5, 5.41) is 0. The molecule has 0 saturated heterocycles. The Morgan fingerprint density at radius 3 is 2.70 bits per heavy atom. The third-order valence-corrected chi connectivity index (χ3v) is 3.19. The molecule has 0 aliphatic heterocycles. The van der Waals surface area contributed by atoms with Gasteiger partial charge in [-0.15, -0.1) is 0 Å². The van der Waals surface area contributed by atoms with Crippen molar-refractivity contribution in [1.29, 1.82) is 0 Å². The molecule has 0 aromatic carbocycles. The Labute approximate surface area is 68.3 Å². The molecule has 10 heavy (non-hydrogen) atoms. The van der Waals surface area contributed by atoms with Crippen molar-refractivity contribution in [3.05, 3.63) is 23.8 Å². The van der Waals surface area contributed by atoms with Gasteiger partial charge in [-0.25, -0.2) is 0 Å². The van der Waals surface area contributed by atoms with Gasteiger partial charge >= 0.3 is 0 Å². The molecule has 0 nitrogen and oxygen atoms in total. The molecule has 2 heteroatoms. The van der Waals surface area contributed by atoms with Crippen molar-refractivity contribution in [2.75, 3.05) is 0 Å². The van der Waals surface area contributed by atoms with E-state index in [0.717, 1.165) is 12.5 Å². The van der Waals surface area contributed by atoms with Crippen LogP contribution in [0.1, 0.15) is 6.42 Å². The van der Waals surface area contributed by atoms with Crippen LogP contribution in [-0.2, 0) is 0 Å². The van der Waals surface area contributed by atoms with Gasteiger partial charge in [0.2, 0.25) is 0 Å². The van der Waals surface area contributed by atoms with E-state index in [2.05, 4.69) is 31.3 Å². The Hall–Kier alpha value is -0.0131. The van der Waals surface area contributed by atoms with E-state index < -0.39 is 7.38 Å². The summed E-state index contributed by atoms with van der Waals surface area (Å²) in [7, 11) is -1.36. The predicted octanol–water partition coefficient (Wildman–Crippen LogP) is 3.32. The van der Waals surface area contributed by atoms with Crippen LogP contribution in [0, 0.1) is 0 Å². The maximum Gasteiger partial charge on any atom is 0.154 e. The second-order valence-electron chi connectivity index (χ2n) is 3.35. The summed E-state index contributed by atoms with van der Waals surface area (Å²) in [5.74, 6) is 0. The number of hydrogen-bond donors (Lipinski definition) is 0. The highest BCUT2D eigenvalue weighted by atomic mass is 35.6. The minimum absolute atomic E-state index is 1.13. The number of halogens is 1. The highest BCUT2D eigenvalue weighted by Gasteiger charge is 2.18. The van der Waals surface area contributed by atoms with E-state index in [-0.39, 0.29) is 0 Å². The molecule has 0 fully saturated rings. The van der Waals surface area contributed by atoms with E-state index >= 15 is 0 Å². The smallest absolute Gasteiger partial charge is 0.154 e. The van der Waals surface area contributed by atoms with Crippen LogP contribution in [0.15, 0.2) is 23.8 Å². The van der Waals surface area contributed by atoms with Crippen LogP contribution in [0.5, 0.6) is 0 Å². The van der Waals surface area contributed by atoms with Gasteiger partial charge in [-0.05, 0) is 12.5 Å². The van der Waals surface area contributed by atoms with Crippen molar-refractivity contribution in [3.8, 4) is 0 Å². The van der Waals surface area contributed by atoms with Crippen LogP contribution in [0.2, 0.25) is 19.1 Å². The van der Waals surface area contributed by atoms with Gasteiger partial charge in [0.25, 0.3) is 0 Å².